The molecule has 4 nitrogen and oxygen atoms in total. The molecule has 0 aliphatic heterocycles. The first-order chi connectivity index (χ1) is 8.39. The van der Waals surface area contributed by atoms with E-state index in [0.717, 1.165) is 12.8 Å². The number of alkyl carbamates (subject to hydrolysis) is 1. The topological polar surface area (TPSA) is 58.6 Å². The summed E-state index contributed by atoms with van der Waals surface area (Å²) < 4.78 is 5.14. The number of hydrogen-bond acceptors (Lipinski definition) is 3. The van der Waals surface area contributed by atoms with Crippen LogP contribution in [0.5, 0.6) is 0 Å². The molecule has 0 aromatic rings. The molecule has 0 spiro atoms. The summed E-state index contributed by atoms with van der Waals surface area (Å²) in [6.45, 7) is 8.27. The third kappa shape index (κ3) is 10.4. The number of hydrogen-bond donors (Lipinski definition) is 2. The number of nitrogens with one attached hydrogen (secondary N) is 1. The second-order valence-corrected chi connectivity index (χ2v) is 5.78. The average molecular weight is 259 g/mol. The van der Waals surface area contributed by atoms with Crippen molar-refractivity contribution < 1.29 is 14.6 Å². The van der Waals surface area contributed by atoms with Crippen LogP contribution in [0.15, 0.2) is 0 Å². The molecule has 0 rings (SSSR count). The van der Waals surface area contributed by atoms with Gasteiger partial charge in [0.2, 0.25) is 0 Å². The first-order valence-corrected chi connectivity index (χ1v) is 6.96. The molecule has 0 aliphatic carbocycles. The molecule has 0 aliphatic rings. The Morgan fingerprint density at radius 2 is 1.94 bits per heavy atom. The molecule has 0 fully saturated rings. The van der Waals surface area contributed by atoms with Crippen molar-refractivity contribution in [3.63, 3.8) is 0 Å². The summed E-state index contributed by atoms with van der Waals surface area (Å²) in [4.78, 5) is 11.4. The number of rotatable bonds is 8. The molecule has 0 saturated carbocycles. The van der Waals surface area contributed by atoms with Crippen LogP contribution in [0, 0.1) is 5.92 Å². The SMILES string of the molecule is CCCCCC[C@H](CO)CNC(=O)OC(C)(C)C. The molecule has 0 aromatic heterocycles. The predicted molar refractivity (Wildman–Crippen MR) is 73.6 cm³/mol. The predicted octanol–water partition coefficient (Wildman–Crippen LogP) is 3.09. The van der Waals surface area contributed by atoms with Gasteiger partial charge in [-0.05, 0) is 33.1 Å². The highest BCUT2D eigenvalue weighted by Crippen LogP contribution is 2.11. The molecule has 0 heterocycles. The summed E-state index contributed by atoms with van der Waals surface area (Å²) in [5, 5.41) is 11.9. The van der Waals surface area contributed by atoms with Crippen molar-refractivity contribution >= 4 is 6.09 Å². The highest BCUT2D eigenvalue weighted by atomic mass is 16.6. The average Bonchev–Trinajstić information content (AvgIpc) is 2.26. The van der Waals surface area contributed by atoms with Gasteiger partial charge in [0, 0.05) is 13.2 Å². The Labute approximate surface area is 111 Å². The third-order valence-corrected chi connectivity index (χ3v) is 2.66. The Kier molecular flexibility index (Phi) is 8.81. The largest absolute Gasteiger partial charge is 0.444 e. The standard InChI is InChI=1S/C14H29NO3/c1-5-6-7-8-9-12(11-16)10-15-13(17)18-14(2,3)4/h12,16H,5-11H2,1-4H3,(H,15,17)/t12-/m0/s1. The fourth-order valence-corrected chi connectivity index (χ4v) is 1.66. The van der Waals surface area contributed by atoms with Gasteiger partial charge in [-0.15, -0.1) is 0 Å². The molecular formula is C14H29NO3. The molecule has 0 aromatic carbocycles. The van der Waals surface area contributed by atoms with Gasteiger partial charge in [0.05, 0.1) is 0 Å². The first kappa shape index (κ1) is 17.2. The summed E-state index contributed by atoms with van der Waals surface area (Å²) in [5.41, 5.74) is -0.472. The monoisotopic (exact) mass is 259 g/mol. The second-order valence-electron chi connectivity index (χ2n) is 5.78. The van der Waals surface area contributed by atoms with Crippen molar-refractivity contribution in [2.45, 2.75) is 65.4 Å². The zero-order chi connectivity index (χ0) is 14.0. The lowest BCUT2D eigenvalue weighted by atomic mass is 10.0. The molecular weight excluding hydrogens is 230 g/mol. The number of carbonyl (C=O) groups excluding carboxylic acids is 1. The van der Waals surface area contributed by atoms with Gasteiger partial charge in [-0.25, -0.2) is 4.79 Å². The van der Waals surface area contributed by atoms with Gasteiger partial charge in [-0.2, -0.15) is 0 Å². The molecule has 2 N–H and O–H groups in total. The van der Waals surface area contributed by atoms with E-state index in [1.165, 1.54) is 19.3 Å². The first-order valence-electron chi connectivity index (χ1n) is 6.96. The third-order valence-electron chi connectivity index (χ3n) is 2.66. The van der Waals surface area contributed by atoms with Crippen LogP contribution in [-0.4, -0.2) is 30.0 Å². The van der Waals surface area contributed by atoms with Crippen LogP contribution in [0.4, 0.5) is 4.79 Å². The summed E-state index contributed by atoms with van der Waals surface area (Å²) in [6.07, 6.45) is 5.28. The number of ether oxygens (including phenoxy) is 1. The molecule has 0 saturated heterocycles. The zero-order valence-electron chi connectivity index (χ0n) is 12.3. The molecule has 1 amide bonds. The fourth-order valence-electron chi connectivity index (χ4n) is 1.66. The minimum absolute atomic E-state index is 0.113. The zero-order valence-corrected chi connectivity index (χ0v) is 12.3. The normalized spacial score (nSPS) is 13.2. The van der Waals surface area contributed by atoms with Crippen LogP contribution in [0.3, 0.4) is 0 Å². The Morgan fingerprint density at radius 1 is 1.28 bits per heavy atom. The maximum Gasteiger partial charge on any atom is 0.407 e. The van der Waals surface area contributed by atoms with E-state index in [1.807, 2.05) is 20.8 Å². The molecule has 4 heteroatoms. The van der Waals surface area contributed by atoms with E-state index >= 15 is 0 Å². The molecule has 0 radical (unpaired) electrons. The van der Waals surface area contributed by atoms with E-state index in [9.17, 15) is 9.90 Å². The quantitative estimate of drug-likeness (QED) is 0.659. The molecule has 108 valence electrons. The highest BCUT2D eigenvalue weighted by Gasteiger charge is 2.17. The number of unbranched alkanes of at least 4 members (excludes halogenated alkanes) is 3. The Hall–Kier alpha value is -0.770. The van der Waals surface area contributed by atoms with Gasteiger partial charge in [-0.3, -0.25) is 0 Å². The lowest BCUT2D eigenvalue weighted by molar-refractivity contribution is 0.0511. The smallest absolute Gasteiger partial charge is 0.407 e. The summed E-state index contributed by atoms with van der Waals surface area (Å²) in [6, 6.07) is 0. The van der Waals surface area contributed by atoms with Crippen molar-refractivity contribution in [2.75, 3.05) is 13.2 Å². The van der Waals surface area contributed by atoms with E-state index in [2.05, 4.69) is 12.2 Å². The van der Waals surface area contributed by atoms with Crippen molar-refractivity contribution in [1.82, 2.24) is 5.32 Å². The minimum atomic E-state index is -0.472. The number of amides is 1. The summed E-state index contributed by atoms with van der Waals surface area (Å²) in [7, 11) is 0. The Morgan fingerprint density at radius 3 is 2.44 bits per heavy atom. The maximum absolute atomic E-state index is 11.4. The van der Waals surface area contributed by atoms with Crippen molar-refractivity contribution in [3.8, 4) is 0 Å². The van der Waals surface area contributed by atoms with E-state index in [0.29, 0.717) is 6.54 Å². The molecule has 0 unspecified atom stereocenters. The minimum Gasteiger partial charge on any atom is -0.444 e. The van der Waals surface area contributed by atoms with E-state index in [-0.39, 0.29) is 12.5 Å². The van der Waals surface area contributed by atoms with E-state index in [1.54, 1.807) is 0 Å². The van der Waals surface area contributed by atoms with Gasteiger partial charge in [0.1, 0.15) is 5.60 Å². The van der Waals surface area contributed by atoms with Crippen molar-refractivity contribution in [2.24, 2.45) is 5.92 Å². The highest BCUT2D eigenvalue weighted by molar-refractivity contribution is 5.67. The van der Waals surface area contributed by atoms with Crippen molar-refractivity contribution in [1.29, 1.82) is 0 Å². The van der Waals surface area contributed by atoms with Crippen LogP contribution in [0.25, 0.3) is 0 Å². The van der Waals surface area contributed by atoms with Crippen LogP contribution < -0.4 is 5.32 Å². The van der Waals surface area contributed by atoms with Gasteiger partial charge in [0.15, 0.2) is 0 Å². The number of aliphatic hydroxyl groups is 1. The van der Waals surface area contributed by atoms with E-state index in [4.69, 9.17) is 4.74 Å². The Balaban J connectivity index is 3.75. The molecule has 18 heavy (non-hydrogen) atoms. The second kappa shape index (κ2) is 9.20. The van der Waals surface area contributed by atoms with Gasteiger partial charge < -0.3 is 15.2 Å². The van der Waals surface area contributed by atoms with Crippen LogP contribution >= 0.6 is 0 Å². The van der Waals surface area contributed by atoms with Gasteiger partial charge in [0.25, 0.3) is 0 Å². The fraction of sp³-hybridized carbons (Fsp3) is 0.929. The maximum atomic E-state index is 11.4. The van der Waals surface area contributed by atoms with Crippen LogP contribution in [0.1, 0.15) is 59.8 Å². The van der Waals surface area contributed by atoms with Gasteiger partial charge in [-0.1, -0.05) is 32.6 Å². The Bertz CT molecular complexity index is 224. The lowest BCUT2D eigenvalue weighted by Crippen LogP contribution is -2.36. The van der Waals surface area contributed by atoms with Crippen LogP contribution in [0.2, 0.25) is 0 Å². The number of carbonyl (C=O) groups is 1. The molecule has 1 atom stereocenters. The lowest BCUT2D eigenvalue weighted by Gasteiger charge is -2.21. The molecule has 0 bridgehead atoms. The van der Waals surface area contributed by atoms with Gasteiger partial charge >= 0.3 is 6.09 Å². The van der Waals surface area contributed by atoms with E-state index < -0.39 is 11.7 Å². The summed E-state index contributed by atoms with van der Waals surface area (Å²) in [5.74, 6) is 0.134. The van der Waals surface area contributed by atoms with Crippen molar-refractivity contribution in [3.05, 3.63) is 0 Å². The summed E-state index contributed by atoms with van der Waals surface area (Å²) >= 11 is 0. The number of aliphatic hydroxyl groups excluding tert-OH is 1. The van der Waals surface area contributed by atoms with Crippen LogP contribution in [-0.2, 0) is 4.74 Å².